The van der Waals surface area contributed by atoms with E-state index in [9.17, 15) is 4.79 Å². The van der Waals surface area contributed by atoms with E-state index in [1.807, 2.05) is 0 Å². The van der Waals surface area contributed by atoms with Gasteiger partial charge in [-0.05, 0) is 37.4 Å². The maximum absolute atomic E-state index is 12.4. The lowest BCUT2D eigenvalue weighted by molar-refractivity contribution is -0.122. The minimum absolute atomic E-state index is 0.0636. The molecule has 0 radical (unpaired) electrons. The van der Waals surface area contributed by atoms with Crippen LogP contribution in [0, 0.1) is 11.8 Å². The van der Waals surface area contributed by atoms with E-state index in [-0.39, 0.29) is 17.7 Å². The molecule has 1 saturated carbocycles. The van der Waals surface area contributed by atoms with Crippen molar-refractivity contribution in [1.82, 2.24) is 0 Å². The average Bonchev–Trinajstić information content (AvgIpc) is 2.42. The number of halogens is 3. The molecule has 110 valence electrons. The third kappa shape index (κ3) is 3.59. The lowest BCUT2D eigenvalue weighted by atomic mass is 9.78. The Morgan fingerprint density at radius 3 is 2.40 bits per heavy atom. The fraction of sp³-hybridized carbons (Fsp3) is 0.500. The molecule has 2 unspecified atom stereocenters. The zero-order valence-corrected chi connectivity index (χ0v) is 13.2. The Bertz CT molecular complexity index is 484. The Morgan fingerprint density at radius 2 is 1.80 bits per heavy atom. The first-order chi connectivity index (χ1) is 9.52. The zero-order valence-electron chi connectivity index (χ0n) is 11.0. The minimum Gasteiger partial charge on any atom is -0.330 e. The van der Waals surface area contributed by atoms with E-state index in [2.05, 4.69) is 5.32 Å². The molecule has 1 aliphatic carbocycles. The number of hydrogen-bond donors (Lipinski definition) is 2. The summed E-state index contributed by atoms with van der Waals surface area (Å²) in [7, 11) is 0. The summed E-state index contributed by atoms with van der Waals surface area (Å²) in [6.45, 7) is 0.528. The topological polar surface area (TPSA) is 55.1 Å². The van der Waals surface area contributed by atoms with Crippen LogP contribution in [0.2, 0.25) is 15.1 Å². The highest BCUT2D eigenvalue weighted by Gasteiger charge is 2.30. The van der Waals surface area contributed by atoms with Crippen molar-refractivity contribution >= 4 is 46.4 Å². The number of anilines is 1. The van der Waals surface area contributed by atoms with Crippen LogP contribution < -0.4 is 11.1 Å². The molecule has 2 rings (SSSR count). The minimum atomic E-state index is -0.0726. The number of amides is 1. The molecule has 6 heteroatoms. The number of hydrogen-bond acceptors (Lipinski definition) is 2. The van der Waals surface area contributed by atoms with E-state index < -0.39 is 0 Å². The van der Waals surface area contributed by atoms with Crippen LogP contribution in [0.3, 0.4) is 0 Å². The van der Waals surface area contributed by atoms with E-state index >= 15 is 0 Å². The summed E-state index contributed by atoms with van der Waals surface area (Å²) in [5, 5.41) is 3.95. The fourth-order valence-corrected chi connectivity index (χ4v) is 3.62. The molecule has 0 aliphatic heterocycles. The smallest absolute Gasteiger partial charge is 0.227 e. The van der Waals surface area contributed by atoms with Gasteiger partial charge in [-0.25, -0.2) is 0 Å². The predicted molar refractivity (Wildman–Crippen MR) is 84.6 cm³/mol. The molecular weight excluding hydrogens is 319 g/mol. The summed E-state index contributed by atoms with van der Waals surface area (Å²) in [5.41, 5.74) is 6.18. The van der Waals surface area contributed by atoms with Crippen LogP contribution in [-0.2, 0) is 4.79 Å². The summed E-state index contributed by atoms with van der Waals surface area (Å²) in [6, 6.07) is 3.12. The van der Waals surface area contributed by atoms with Gasteiger partial charge in [-0.2, -0.15) is 0 Å². The third-order valence-electron chi connectivity index (χ3n) is 3.80. The SMILES string of the molecule is NCC1CCCCC1C(=O)Nc1c(Cl)cc(Cl)cc1Cl. The van der Waals surface area contributed by atoms with Crippen molar-refractivity contribution in [1.29, 1.82) is 0 Å². The second-order valence-electron chi connectivity index (χ2n) is 5.12. The van der Waals surface area contributed by atoms with E-state index in [0.29, 0.717) is 27.3 Å². The first kappa shape index (κ1) is 15.9. The van der Waals surface area contributed by atoms with Crippen LogP contribution in [-0.4, -0.2) is 12.5 Å². The number of carbonyl (C=O) groups excluding carboxylic acids is 1. The number of nitrogens with one attached hydrogen (secondary N) is 1. The van der Waals surface area contributed by atoms with Crippen LogP contribution in [0.25, 0.3) is 0 Å². The quantitative estimate of drug-likeness (QED) is 0.862. The Kier molecular flexibility index (Phi) is 5.56. The first-order valence-electron chi connectivity index (χ1n) is 6.68. The van der Waals surface area contributed by atoms with Crippen LogP contribution in [0.5, 0.6) is 0 Å². The molecular formula is C14H17Cl3N2O. The van der Waals surface area contributed by atoms with E-state index in [4.69, 9.17) is 40.5 Å². The molecule has 20 heavy (non-hydrogen) atoms. The molecule has 2 atom stereocenters. The normalized spacial score (nSPS) is 22.6. The van der Waals surface area contributed by atoms with Crippen LogP contribution >= 0.6 is 34.8 Å². The monoisotopic (exact) mass is 334 g/mol. The van der Waals surface area contributed by atoms with Gasteiger partial charge < -0.3 is 11.1 Å². The Morgan fingerprint density at radius 1 is 1.20 bits per heavy atom. The van der Waals surface area contributed by atoms with Crippen molar-refractivity contribution in [3.05, 3.63) is 27.2 Å². The van der Waals surface area contributed by atoms with Crippen molar-refractivity contribution in [3.8, 4) is 0 Å². The van der Waals surface area contributed by atoms with Crippen LogP contribution in [0.15, 0.2) is 12.1 Å². The highest BCUT2D eigenvalue weighted by molar-refractivity contribution is 6.42. The molecule has 3 nitrogen and oxygen atoms in total. The van der Waals surface area contributed by atoms with Crippen LogP contribution in [0.1, 0.15) is 25.7 Å². The molecule has 0 bridgehead atoms. The van der Waals surface area contributed by atoms with Gasteiger partial charge in [0.25, 0.3) is 0 Å². The molecule has 1 aromatic carbocycles. The molecule has 1 fully saturated rings. The number of carbonyl (C=O) groups is 1. The van der Waals surface area contributed by atoms with Gasteiger partial charge in [0.15, 0.2) is 0 Å². The number of nitrogens with two attached hydrogens (primary N) is 1. The standard InChI is InChI=1S/C14H17Cl3N2O/c15-9-5-11(16)13(12(17)6-9)19-14(20)10-4-2-1-3-8(10)7-18/h5-6,8,10H,1-4,7,18H2,(H,19,20). The highest BCUT2D eigenvalue weighted by atomic mass is 35.5. The Hall–Kier alpha value is -0.480. The maximum Gasteiger partial charge on any atom is 0.227 e. The zero-order chi connectivity index (χ0) is 14.7. The molecule has 1 aliphatic rings. The van der Waals surface area contributed by atoms with E-state index in [1.165, 1.54) is 0 Å². The van der Waals surface area contributed by atoms with Gasteiger partial charge in [-0.3, -0.25) is 4.79 Å². The van der Waals surface area contributed by atoms with Crippen molar-refractivity contribution in [2.24, 2.45) is 17.6 Å². The van der Waals surface area contributed by atoms with Crippen molar-refractivity contribution in [2.45, 2.75) is 25.7 Å². The molecule has 3 N–H and O–H groups in total. The maximum atomic E-state index is 12.4. The molecule has 1 amide bonds. The van der Waals surface area contributed by atoms with Crippen molar-refractivity contribution in [3.63, 3.8) is 0 Å². The van der Waals surface area contributed by atoms with Crippen LogP contribution in [0.4, 0.5) is 5.69 Å². The van der Waals surface area contributed by atoms with Gasteiger partial charge >= 0.3 is 0 Å². The largest absolute Gasteiger partial charge is 0.330 e. The average molecular weight is 336 g/mol. The van der Waals surface area contributed by atoms with Gasteiger partial charge in [-0.15, -0.1) is 0 Å². The summed E-state index contributed by atoms with van der Waals surface area (Å²) in [4.78, 5) is 12.4. The molecule has 0 aromatic heterocycles. The van der Waals surface area contributed by atoms with Gasteiger partial charge in [0.05, 0.1) is 15.7 Å². The van der Waals surface area contributed by atoms with E-state index in [0.717, 1.165) is 25.7 Å². The number of rotatable bonds is 3. The second kappa shape index (κ2) is 6.99. The van der Waals surface area contributed by atoms with Gasteiger partial charge in [0.1, 0.15) is 0 Å². The Balaban J connectivity index is 2.15. The summed E-state index contributed by atoms with van der Waals surface area (Å²) in [6.07, 6.45) is 4.04. The molecule has 0 spiro atoms. The predicted octanol–water partition coefficient (Wildman–Crippen LogP) is 4.35. The lowest BCUT2D eigenvalue weighted by Crippen LogP contribution is -2.35. The lowest BCUT2D eigenvalue weighted by Gasteiger charge is -2.29. The highest BCUT2D eigenvalue weighted by Crippen LogP contribution is 2.36. The number of benzene rings is 1. The first-order valence-corrected chi connectivity index (χ1v) is 7.81. The van der Waals surface area contributed by atoms with Gasteiger partial charge in [0, 0.05) is 10.9 Å². The summed E-state index contributed by atoms with van der Waals surface area (Å²) in [5.74, 6) is 0.0939. The fourth-order valence-electron chi connectivity index (χ4n) is 2.71. The summed E-state index contributed by atoms with van der Waals surface area (Å²) >= 11 is 18.0. The van der Waals surface area contributed by atoms with Gasteiger partial charge in [-0.1, -0.05) is 47.6 Å². The Labute approximate surface area is 133 Å². The van der Waals surface area contributed by atoms with Gasteiger partial charge in [0.2, 0.25) is 5.91 Å². The molecule has 0 saturated heterocycles. The van der Waals surface area contributed by atoms with Crippen molar-refractivity contribution in [2.75, 3.05) is 11.9 Å². The second-order valence-corrected chi connectivity index (χ2v) is 6.37. The third-order valence-corrected chi connectivity index (χ3v) is 4.62. The summed E-state index contributed by atoms with van der Waals surface area (Å²) < 4.78 is 0. The van der Waals surface area contributed by atoms with E-state index in [1.54, 1.807) is 12.1 Å². The molecule has 1 aromatic rings. The van der Waals surface area contributed by atoms with Crippen molar-refractivity contribution < 1.29 is 4.79 Å². The molecule has 0 heterocycles.